The molecule has 0 spiro atoms. The Morgan fingerprint density at radius 1 is 1.56 bits per heavy atom. The Balaban J connectivity index is 2.38. The van der Waals surface area contributed by atoms with Crippen molar-refractivity contribution in [1.82, 2.24) is 0 Å². The second-order valence-corrected chi connectivity index (χ2v) is 3.39. The van der Waals surface area contributed by atoms with Crippen molar-refractivity contribution in [3.63, 3.8) is 0 Å². The van der Waals surface area contributed by atoms with Crippen LogP contribution in [-0.2, 0) is 9.53 Å². The Bertz CT molecular complexity index is 455. The van der Waals surface area contributed by atoms with Crippen LogP contribution in [0.15, 0.2) is 18.2 Å². The molecule has 0 aliphatic carbocycles. The van der Waals surface area contributed by atoms with E-state index in [0.717, 1.165) is 6.07 Å². The number of ether oxygens (including phenoxy) is 2. The standard InChI is InChI=1S/C11H9FO4/c1-15-11(14)8-5-16-9-3-2-6(12)4-7(9)10(8)13/h2-4,8H,5H2,1H3/t8-/m0/s1. The molecule has 0 aromatic heterocycles. The third-order valence-electron chi connectivity index (χ3n) is 2.41. The van der Waals surface area contributed by atoms with E-state index in [0.29, 0.717) is 5.75 Å². The average molecular weight is 224 g/mol. The SMILES string of the molecule is COC(=O)[C@H]1COc2ccc(F)cc2C1=O. The maximum Gasteiger partial charge on any atom is 0.320 e. The highest BCUT2D eigenvalue weighted by atomic mass is 19.1. The van der Waals surface area contributed by atoms with Gasteiger partial charge >= 0.3 is 5.97 Å². The molecule has 84 valence electrons. The summed E-state index contributed by atoms with van der Waals surface area (Å²) in [5, 5.41) is 0. The molecule has 0 fully saturated rings. The minimum atomic E-state index is -1.00. The fourth-order valence-electron chi connectivity index (χ4n) is 1.57. The molecule has 0 bridgehead atoms. The van der Waals surface area contributed by atoms with E-state index < -0.39 is 23.5 Å². The van der Waals surface area contributed by atoms with Crippen molar-refractivity contribution in [2.24, 2.45) is 5.92 Å². The molecule has 16 heavy (non-hydrogen) atoms. The third-order valence-corrected chi connectivity index (χ3v) is 2.41. The zero-order chi connectivity index (χ0) is 11.7. The number of methoxy groups -OCH3 is 1. The maximum absolute atomic E-state index is 13.0. The van der Waals surface area contributed by atoms with E-state index >= 15 is 0 Å². The van der Waals surface area contributed by atoms with Crippen LogP contribution in [0.5, 0.6) is 5.75 Å². The van der Waals surface area contributed by atoms with Gasteiger partial charge in [0.2, 0.25) is 0 Å². The molecule has 0 saturated heterocycles. The fourth-order valence-corrected chi connectivity index (χ4v) is 1.57. The van der Waals surface area contributed by atoms with Gasteiger partial charge in [-0.25, -0.2) is 4.39 Å². The molecular formula is C11H9FO4. The van der Waals surface area contributed by atoms with Crippen molar-refractivity contribution < 1.29 is 23.5 Å². The molecule has 1 aliphatic rings. The number of benzene rings is 1. The number of esters is 1. The van der Waals surface area contributed by atoms with Crippen molar-refractivity contribution in [3.8, 4) is 5.75 Å². The van der Waals surface area contributed by atoms with Crippen LogP contribution in [0.25, 0.3) is 0 Å². The van der Waals surface area contributed by atoms with E-state index in [9.17, 15) is 14.0 Å². The fraction of sp³-hybridized carbons (Fsp3) is 0.273. The summed E-state index contributed by atoms with van der Waals surface area (Å²) in [5.74, 6) is -2.38. The quantitative estimate of drug-likeness (QED) is 0.531. The lowest BCUT2D eigenvalue weighted by Crippen LogP contribution is -2.34. The van der Waals surface area contributed by atoms with Gasteiger partial charge in [0.05, 0.1) is 12.7 Å². The lowest BCUT2D eigenvalue weighted by Gasteiger charge is -2.22. The van der Waals surface area contributed by atoms with Gasteiger partial charge in [0.25, 0.3) is 0 Å². The molecule has 0 saturated carbocycles. The van der Waals surface area contributed by atoms with Gasteiger partial charge in [0, 0.05) is 0 Å². The smallest absolute Gasteiger partial charge is 0.320 e. The van der Waals surface area contributed by atoms with Crippen molar-refractivity contribution in [2.45, 2.75) is 0 Å². The monoisotopic (exact) mass is 224 g/mol. The van der Waals surface area contributed by atoms with Crippen LogP contribution < -0.4 is 4.74 Å². The molecule has 1 aliphatic heterocycles. The summed E-state index contributed by atoms with van der Waals surface area (Å²) in [4.78, 5) is 23.1. The average Bonchev–Trinajstić information content (AvgIpc) is 2.29. The van der Waals surface area contributed by atoms with Crippen molar-refractivity contribution in [2.75, 3.05) is 13.7 Å². The molecule has 1 aromatic rings. The van der Waals surface area contributed by atoms with Crippen LogP contribution in [0.3, 0.4) is 0 Å². The molecule has 1 heterocycles. The summed E-state index contributed by atoms with van der Waals surface area (Å²) in [7, 11) is 1.19. The number of Topliss-reactive ketones (excluding diaryl/α,β-unsaturated/α-hetero) is 1. The highest BCUT2D eigenvalue weighted by Crippen LogP contribution is 2.28. The number of carbonyl (C=O) groups excluding carboxylic acids is 2. The molecule has 1 aromatic carbocycles. The Morgan fingerprint density at radius 3 is 3.00 bits per heavy atom. The van der Waals surface area contributed by atoms with Gasteiger partial charge in [0.1, 0.15) is 18.2 Å². The van der Waals surface area contributed by atoms with Crippen molar-refractivity contribution in [1.29, 1.82) is 0 Å². The van der Waals surface area contributed by atoms with E-state index in [1.165, 1.54) is 19.2 Å². The minimum absolute atomic E-state index is 0.0653. The lowest BCUT2D eigenvalue weighted by atomic mass is 9.95. The normalized spacial score (nSPS) is 18.6. The molecule has 2 rings (SSSR count). The van der Waals surface area contributed by atoms with Gasteiger partial charge in [-0.2, -0.15) is 0 Å². The van der Waals surface area contributed by atoms with E-state index in [4.69, 9.17) is 4.74 Å². The summed E-state index contributed by atoms with van der Waals surface area (Å²) in [6.07, 6.45) is 0. The number of halogens is 1. The number of fused-ring (bicyclic) bond motifs is 1. The van der Waals surface area contributed by atoms with E-state index in [2.05, 4.69) is 4.74 Å². The second kappa shape index (κ2) is 3.92. The van der Waals surface area contributed by atoms with Gasteiger partial charge < -0.3 is 9.47 Å². The van der Waals surface area contributed by atoms with Crippen LogP contribution in [0.1, 0.15) is 10.4 Å². The third kappa shape index (κ3) is 1.64. The molecule has 0 radical (unpaired) electrons. The molecule has 0 amide bonds. The summed E-state index contributed by atoms with van der Waals surface area (Å²) in [6.45, 7) is -0.0653. The molecule has 1 atom stereocenters. The van der Waals surface area contributed by atoms with Gasteiger partial charge in [-0.3, -0.25) is 9.59 Å². The molecule has 5 heteroatoms. The van der Waals surface area contributed by atoms with E-state index in [1.807, 2.05) is 0 Å². The predicted octanol–water partition coefficient (Wildman–Crippen LogP) is 1.19. The Hall–Kier alpha value is -1.91. The zero-order valence-corrected chi connectivity index (χ0v) is 8.53. The van der Waals surface area contributed by atoms with E-state index in [1.54, 1.807) is 0 Å². The first kappa shape index (κ1) is 10.6. The molecular weight excluding hydrogens is 215 g/mol. The summed E-state index contributed by atoms with van der Waals surface area (Å²) in [6, 6.07) is 3.63. The van der Waals surface area contributed by atoms with Gasteiger partial charge in [0.15, 0.2) is 11.7 Å². The zero-order valence-electron chi connectivity index (χ0n) is 8.53. The maximum atomic E-state index is 13.0. The van der Waals surface area contributed by atoms with Crippen LogP contribution >= 0.6 is 0 Å². The van der Waals surface area contributed by atoms with Crippen molar-refractivity contribution in [3.05, 3.63) is 29.6 Å². The van der Waals surface area contributed by atoms with Crippen LogP contribution in [0, 0.1) is 11.7 Å². The number of carbonyl (C=O) groups is 2. The minimum Gasteiger partial charge on any atom is -0.491 e. The van der Waals surface area contributed by atoms with Gasteiger partial charge in [-0.05, 0) is 18.2 Å². The predicted molar refractivity (Wildman–Crippen MR) is 51.7 cm³/mol. The first-order valence-corrected chi connectivity index (χ1v) is 4.68. The molecule has 4 nitrogen and oxygen atoms in total. The topological polar surface area (TPSA) is 52.6 Å². The lowest BCUT2D eigenvalue weighted by molar-refractivity contribution is -0.144. The largest absolute Gasteiger partial charge is 0.491 e. The first-order chi connectivity index (χ1) is 7.63. The number of hydrogen-bond donors (Lipinski definition) is 0. The summed E-state index contributed by atoms with van der Waals surface area (Å²) < 4.78 is 22.6. The van der Waals surface area contributed by atoms with E-state index in [-0.39, 0.29) is 12.2 Å². The van der Waals surface area contributed by atoms with Crippen LogP contribution in [0.4, 0.5) is 4.39 Å². The van der Waals surface area contributed by atoms with Crippen molar-refractivity contribution >= 4 is 11.8 Å². The van der Waals surface area contributed by atoms with Crippen LogP contribution in [0.2, 0.25) is 0 Å². The van der Waals surface area contributed by atoms with Gasteiger partial charge in [-0.1, -0.05) is 0 Å². The summed E-state index contributed by atoms with van der Waals surface area (Å²) in [5.41, 5.74) is 0.0849. The first-order valence-electron chi connectivity index (χ1n) is 4.68. The summed E-state index contributed by atoms with van der Waals surface area (Å²) >= 11 is 0. The second-order valence-electron chi connectivity index (χ2n) is 3.39. The number of ketones is 1. The Morgan fingerprint density at radius 2 is 2.31 bits per heavy atom. The Kier molecular flexibility index (Phi) is 2.60. The highest BCUT2D eigenvalue weighted by Gasteiger charge is 2.35. The van der Waals surface area contributed by atoms with Crippen LogP contribution in [-0.4, -0.2) is 25.5 Å². The molecule has 0 unspecified atom stereocenters. The number of rotatable bonds is 1. The molecule has 0 N–H and O–H groups in total. The van der Waals surface area contributed by atoms with Gasteiger partial charge in [-0.15, -0.1) is 0 Å². The Labute approximate surface area is 91.0 Å². The highest BCUT2D eigenvalue weighted by molar-refractivity contribution is 6.11. The number of hydrogen-bond acceptors (Lipinski definition) is 4.